The van der Waals surface area contributed by atoms with Gasteiger partial charge in [-0.05, 0) is 34.6 Å². The highest BCUT2D eigenvalue weighted by atomic mass is 16.5. The molecule has 0 radical (unpaired) electrons. The van der Waals surface area contributed by atoms with Crippen LogP contribution >= 0.6 is 0 Å². The molecule has 7 nitrogen and oxygen atoms in total. The van der Waals surface area contributed by atoms with E-state index < -0.39 is 29.6 Å². The molecule has 1 aliphatic carbocycles. The molecule has 2 aromatic carbocycles. The number of benzene rings is 2. The van der Waals surface area contributed by atoms with E-state index >= 15 is 0 Å². The molecule has 0 fully saturated rings. The molecule has 1 aliphatic rings. The fourth-order valence-electron chi connectivity index (χ4n) is 4.19. The number of alkyl carbamates (subject to hydrolysis) is 1. The number of carbonyl (C=O) groups excluding carboxylic acids is 2. The van der Waals surface area contributed by atoms with Gasteiger partial charge in [0.1, 0.15) is 6.61 Å². The minimum atomic E-state index is -0.980. The molecule has 0 bridgehead atoms. The first-order chi connectivity index (χ1) is 15.6. The fourth-order valence-corrected chi connectivity index (χ4v) is 4.19. The Morgan fingerprint density at radius 1 is 0.939 bits per heavy atom. The zero-order valence-electron chi connectivity index (χ0n) is 19.6. The quantitative estimate of drug-likeness (QED) is 0.554. The van der Waals surface area contributed by atoms with Gasteiger partial charge in [0.25, 0.3) is 0 Å². The predicted molar refractivity (Wildman–Crippen MR) is 126 cm³/mol. The number of rotatable bonds is 8. The first-order valence-corrected chi connectivity index (χ1v) is 11.2. The SMILES string of the molecule is C[C@H](CC(=O)O)NC(=O)CC(NC(=O)OCC1c2ccccc2-c2ccccc21)C(C)(C)C. The number of amides is 2. The largest absolute Gasteiger partial charge is 0.481 e. The van der Waals surface area contributed by atoms with Crippen LogP contribution in [0.2, 0.25) is 0 Å². The van der Waals surface area contributed by atoms with E-state index in [0.717, 1.165) is 22.3 Å². The summed E-state index contributed by atoms with van der Waals surface area (Å²) in [5, 5.41) is 14.4. The van der Waals surface area contributed by atoms with Gasteiger partial charge in [-0.1, -0.05) is 69.3 Å². The van der Waals surface area contributed by atoms with Gasteiger partial charge in [0.15, 0.2) is 0 Å². The Morgan fingerprint density at radius 3 is 2.00 bits per heavy atom. The molecule has 2 atom stereocenters. The lowest BCUT2D eigenvalue weighted by Crippen LogP contribution is -2.48. The molecule has 1 unspecified atom stereocenters. The van der Waals surface area contributed by atoms with Crippen molar-refractivity contribution in [3.63, 3.8) is 0 Å². The smallest absolute Gasteiger partial charge is 0.407 e. The second-order valence-electron chi connectivity index (χ2n) is 9.66. The molecule has 3 rings (SSSR count). The average Bonchev–Trinajstić information content (AvgIpc) is 3.04. The molecule has 0 aromatic heterocycles. The standard InChI is InChI=1S/C26H32N2O5/c1-16(13-24(30)31)27-23(29)14-22(26(2,3)4)28-25(32)33-15-21-19-11-7-5-9-17(19)18-10-6-8-12-20(18)21/h5-12,16,21-22H,13-15H2,1-4H3,(H,27,29)(H,28,32)(H,30,31)/t16-,22?/m1/s1. The monoisotopic (exact) mass is 452 g/mol. The number of nitrogens with one attached hydrogen (secondary N) is 2. The molecule has 0 heterocycles. The van der Waals surface area contributed by atoms with E-state index in [4.69, 9.17) is 9.84 Å². The first-order valence-electron chi connectivity index (χ1n) is 11.2. The van der Waals surface area contributed by atoms with Crippen LogP contribution in [-0.4, -0.2) is 41.8 Å². The van der Waals surface area contributed by atoms with Gasteiger partial charge in [-0.2, -0.15) is 0 Å². The van der Waals surface area contributed by atoms with Gasteiger partial charge in [-0.15, -0.1) is 0 Å². The molecule has 0 saturated heterocycles. The summed E-state index contributed by atoms with van der Waals surface area (Å²) in [4.78, 5) is 35.9. The number of hydrogen-bond acceptors (Lipinski definition) is 4. The van der Waals surface area contributed by atoms with Gasteiger partial charge >= 0.3 is 12.1 Å². The molecule has 3 N–H and O–H groups in total. The van der Waals surface area contributed by atoms with Crippen molar-refractivity contribution < 1.29 is 24.2 Å². The van der Waals surface area contributed by atoms with Gasteiger partial charge in [-0.25, -0.2) is 4.79 Å². The Balaban J connectivity index is 1.62. The fraction of sp³-hybridized carbons (Fsp3) is 0.423. The van der Waals surface area contributed by atoms with Crippen LogP contribution in [-0.2, 0) is 14.3 Å². The van der Waals surface area contributed by atoms with Crippen molar-refractivity contribution in [2.24, 2.45) is 5.41 Å². The summed E-state index contributed by atoms with van der Waals surface area (Å²) in [5.41, 5.74) is 4.17. The van der Waals surface area contributed by atoms with Crippen LogP contribution < -0.4 is 10.6 Å². The molecular formula is C26H32N2O5. The van der Waals surface area contributed by atoms with Gasteiger partial charge in [0, 0.05) is 24.4 Å². The third-order valence-electron chi connectivity index (χ3n) is 5.96. The second-order valence-corrected chi connectivity index (χ2v) is 9.66. The molecule has 0 spiro atoms. The highest BCUT2D eigenvalue weighted by molar-refractivity contribution is 5.80. The van der Waals surface area contributed by atoms with E-state index in [9.17, 15) is 14.4 Å². The predicted octanol–water partition coefficient (Wildman–Crippen LogP) is 4.31. The number of fused-ring (bicyclic) bond motifs is 3. The molecule has 7 heteroatoms. The molecule has 0 saturated carbocycles. The van der Waals surface area contributed by atoms with Crippen LogP contribution in [0.1, 0.15) is 57.6 Å². The number of hydrogen-bond donors (Lipinski definition) is 3. The number of ether oxygens (including phenoxy) is 1. The van der Waals surface area contributed by atoms with E-state index in [-0.39, 0.29) is 31.3 Å². The zero-order chi connectivity index (χ0) is 24.2. The average molecular weight is 453 g/mol. The van der Waals surface area contributed by atoms with E-state index in [1.165, 1.54) is 0 Å². The summed E-state index contributed by atoms with van der Waals surface area (Å²) in [6.07, 6.45) is -0.716. The zero-order valence-corrected chi connectivity index (χ0v) is 19.6. The highest BCUT2D eigenvalue weighted by Crippen LogP contribution is 2.44. The van der Waals surface area contributed by atoms with Gasteiger partial charge in [0.2, 0.25) is 5.91 Å². The van der Waals surface area contributed by atoms with Crippen molar-refractivity contribution >= 4 is 18.0 Å². The maximum atomic E-state index is 12.7. The second kappa shape index (κ2) is 10.1. The lowest BCUT2D eigenvalue weighted by molar-refractivity contribution is -0.137. The normalized spacial score (nSPS) is 14.5. The Labute approximate surface area is 194 Å². The Bertz CT molecular complexity index is 982. The van der Waals surface area contributed by atoms with E-state index in [0.29, 0.717) is 0 Å². The van der Waals surface area contributed by atoms with Crippen LogP contribution in [0.4, 0.5) is 4.79 Å². The van der Waals surface area contributed by atoms with Crippen LogP contribution in [0.5, 0.6) is 0 Å². The Hall–Kier alpha value is -3.35. The molecule has 2 aromatic rings. The van der Waals surface area contributed by atoms with Gasteiger partial charge in [-0.3, -0.25) is 9.59 Å². The lowest BCUT2D eigenvalue weighted by Gasteiger charge is -2.31. The summed E-state index contributed by atoms with van der Waals surface area (Å²) in [6, 6.07) is 15.3. The molecule has 176 valence electrons. The third kappa shape index (κ3) is 6.12. The number of carboxylic acid groups (broad SMARTS) is 1. The van der Waals surface area contributed by atoms with Crippen LogP contribution in [0, 0.1) is 5.41 Å². The van der Waals surface area contributed by atoms with Crippen LogP contribution in [0.15, 0.2) is 48.5 Å². The van der Waals surface area contributed by atoms with Crippen molar-refractivity contribution in [1.29, 1.82) is 0 Å². The van der Waals surface area contributed by atoms with Crippen molar-refractivity contribution in [2.75, 3.05) is 6.61 Å². The summed E-state index contributed by atoms with van der Waals surface area (Å²) < 4.78 is 5.62. The molecule has 33 heavy (non-hydrogen) atoms. The topological polar surface area (TPSA) is 105 Å². The Morgan fingerprint density at radius 2 is 1.48 bits per heavy atom. The minimum absolute atomic E-state index is 0.0255. The van der Waals surface area contributed by atoms with Crippen molar-refractivity contribution in [1.82, 2.24) is 10.6 Å². The van der Waals surface area contributed by atoms with Crippen molar-refractivity contribution in [2.45, 2.75) is 58.5 Å². The summed E-state index contributed by atoms with van der Waals surface area (Å²) in [5.74, 6) is -1.34. The minimum Gasteiger partial charge on any atom is -0.481 e. The lowest BCUT2D eigenvalue weighted by atomic mass is 9.84. The molecule has 2 amide bonds. The number of carboxylic acids is 1. The Kier molecular flexibility index (Phi) is 7.41. The van der Waals surface area contributed by atoms with E-state index in [1.807, 2.05) is 45.0 Å². The number of aliphatic carboxylic acids is 1. The highest BCUT2D eigenvalue weighted by Gasteiger charge is 2.32. The van der Waals surface area contributed by atoms with E-state index in [1.54, 1.807) is 6.92 Å². The van der Waals surface area contributed by atoms with Gasteiger partial charge in [0.05, 0.1) is 6.42 Å². The maximum absolute atomic E-state index is 12.7. The van der Waals surface area contributed by atoms with Crippen molar-refractivity contribution in [3.05, 3.63) is 59.7 Å². The number of carbonyl (C=O) groups is 3. The van der Waals surface area contributed by atoms with Crippen molar-refractivity contribution in [3.8, 4) is 11.1 Å². The first kappa shape index (κ1) is 24.3. The summed E-state index contributed by atoms with van der Waals surface area (Å²) in [7, 11) is 0. The van der Waals surface area contributed by atoms with Crippen LogP contribution in [0.25, 0.3) is 11.1 Å². The third-order valence-corrected chi connectivity index (χ3v) is 5.96. The summed E-state index contributed by atoms with van der Waals surface area (Å²) in [6.45, 7) is 7.61. The van der Waals surface area contributed by atoms with E-state index in [2.05, 4.69) is 34.9 Å². The summed E-state index contributed by atoms with van der Waals surface area (Å²) >= 11 is 0. The van der Waals surface area contributed by atoms with Crippen LogP contribution in [0.3, 0.4) is 0 Å². The molecule has 0 aliphatic heterocycles. The van der Waals surface area contributed by atoms with Gasteiger partial charge < -0.3 is 20.5 Å². The maximum Gasteiger partial charge on any atom is 0.407 e. The molecular weight excluding hydrogens is 420 g/mol.